The summed E-state index contributed by atoms with van der Waals surface area (Å²) < 4.78 is 5.47. The summed E-state index contributed by atoms with van der Waals surface area (Å²) in [6.07, 6.45) is 2.12. The highest BCUT2D eigenvalue weighted by Crippen LogP contribution is 2.08. The summed E-state index contributed by atoms with van der Waals surface area (Å²) in [6.45, 7) is -0.0883. The van der Waals surface area contributed by atoms with Crippen molar-refractivity contribution in [2.75, 3.05) is 6.61 Å². The van der Waals surface area contributed by atoms with Crippen LogP contribution in [-0.2, 0) is 4.74 Å². The van der Waals surface area contributed by atoms with E-state index in [9.17, 15) is 9.59 Å². The molecule has 116 valence electrons. The molecule has 0 saturated carbocycles. The van der Waals surface area contributed by atoms with E-state index in [2.05, 4.69) is 43.6 Å². The summed E-state index contributed by atoms with van der Waals surface area (Å²) in [5, 5.41) is 0. The Kier molecular flexibility index (Phi) is 6.15. The molecule has 0 atom stereocenters. The molecule has 0 bridgehead atoms. The SMILES string of the molecule is O=C(NNC(=O)c1cncc(Br)c1)OCC#Cc1ccccc1. The number of rotatable bonds is 2. The van der Waals surface area contributed by atoms with Crippen molar-refractivity contribution in [3.05, 3.63) is 64.4 Å². The summed E-state index contributed by atoms with van der Waals surface area (Å²) in [6, 6.07) is 10.9. The number of aromatic nitrogens is 1. The molecular formula is C16H12BrN3O3. The minimum absolute atomic E-state index is 0.0883. The van der Waals surface area contributed by atoms with Gasteiger partial charge in [-0.15, -0.1) is 0 Å². The highest BCUT2D eigenvalue weighted by atomic mass is 79.9. The number of hydrazine groups is 1. The van der Waals surface area contributed by atoms with Gasteiger partial charge < -0.3 is 4.74 Å². The number of halogens is 1. The first-order valence-electron chi connectivity index (χ1n) is 6.53. The Hall–Kier alpha value is -2.85. The van der Waals surface area contributed by atoms with E-state index in [-0.39, 0.29) is 6.61 Å². The second-order valence-corrected chi connectivity index (χ2v) is 5.13. The highest BCUT2D eigenvalue weighted by Gasteiger charge is 2.08. The number of benzene rings is 1. The van der Waals surface area contributed by atoms with Gasteiger partial charge in [0.25, 0.3) is 5.91 Å². The molecule has 2 rings (SSSR count). The van der Waals surface area contributed by atoms with Crippen molar-refractivity contribution in [1.82, 2.24) is 15.8 Å². The van der Waals surface area contributed by atoms with Crippen LogP contribution in [0.25, 0.3) is 0 Å². The van der Waals surface area contributed by atoms with Crippen molar-refractivity contribution >= 4 is 27.9 Å². The largest absolute Gasteiger partial charge is 0.435 e. The Bertz CT molecular complexity index is 754. The van der Waals surface area contributed by atoms with Gasteiger partial charge in [0.1, 0.15) is 0 Å². The van der Waals surface area contributed by atoms with Gasteiger partial charge in [0.05, 0.1) is 5.56 Å². The van der Waals surface area contributed by atoms with E-state index in [1.165, 1.54) is 6.20 Å². The van der Waals surface area contributed by atoms with Crippen LogP contribution in [0.4, 0.5) is 4.79 Å². The van der Waals surface area contributed by atoms with E-state index in [1.807, 2.05) is 30.3 Å². The average Bonchev–Trinajstić information content (AvgIpc) is 2.57. The zero-order valence-electron chi connectivity index (χ0n) is 11.9. The molecule has 0 saturated heterocycles. The van der Waals surface area contributed by atoms with E-state index in [1.54, 1.807) is 12.3 Å². The molecule has 6 nitrogen and oxygen atoms in total. The van der Waals surface area contributed by atoms with Crippen LogP contribution in [0.2, 0.25) is 0 Å². The fourth-order valence-corrected chi connectivity index (χ4v) is 1.88. The van der Waals surface area contributed by atoms with E-state index in [4.69, 9.17) is 4.74 Å². The normalized spacial score (nSPS) is 9.26. The van der Waals surface area contributed by atoms with Crippen LogP contribution in [0.3, 0.4) is 0 Å². The van der Waals surface area contributed by atoms with Gasteiger partial charge in [-0.1, -0.05) is 30.0 Å². The second-order valence-electron chi connectivity index (χ2n) is 4.21. The summed E-state index contributed by atoms with van der Waals surface area (Å²) in [5.74, 6) is 5.03. The van der Waals surface area contributed by atoms with E-state index in [0.717, 1.165) is 5.56 Å². The molecule has 1 aromatic heterocycles. The number of ether oxygens (including phenoxy) is 1. The molecule has 0 aliphatic rings. The molecule has 2 N–H and O–H groups in total. The number of hydrogen-bond donors (Lipinski definition) is 2. The summed E-state index contributed by atoms with van der Waals surface area (Å²) >= 11 is 3.20. The predicted molar refractivity (Wildman–Crippen MR) is 87.2 cm³/mol. The zero-order valence-corrected chi connectivity index (χ0v) is 13.5. The fraction of sp³-hybridized carbons (Fsp3) is 0.0625. The molecule has 0 aliphatic heterocycles. The van der Waals surface area contributed by atoms with Crippen molar-refractivity contribution in [2.24, 2.45) is 0 Å². The Balaban J connectivity index is 1.73. The number of hydrogen-bond acceptors (Lipinski definition) is 4. The van der Waals surface area contributed by atoms with Crippen molar-refractivity contribution < 1.29 is 14.3 Å². The van der Waals surface area contributed by atoms with Crippen LogP contribution in [-0.4, -0.2) is 23.6 Å². The number of pyridine rings is 1. The average molecular weight is 374 g/mol. The minimum Gasteiger partial charge on any atom is -0.435 e. The molecule has 2 aromatic rings. The second kappa shape index (κ2) is 8.56. The molecule has 7 heteroatoms. The molecule has 23 heavy (non-hydrogen) atoms. The lowest BCUT2D eigenvalue weighted by molar-refractivity contribution is 0.0916. The molecule has 0 spiro atoms. The fourth-order valence-electron chi connectivity index (χ4n) is 1.51. The van der Waals surface area contributed by atoms with Crippen LogP contribution in [0.1, 0.15) is 15.9 Å². The Morgan fingerprint density at radius 1 is 1.17 bits per heavy atom. The van der Waals surface area contributed by atoms with Crippen LogP contribution < -0.4 is 10.9 Å². The molecule has 0 radical (unpaired) electrons. The van der Waals surface area contributed by atoms with Crippen molar-refractivity contribution in [1.29, 1.82) is 0 Å². The first-order chi connectivity index (χ1) is 11.1. The lowest BCUT2D eigenvalue weighted by Gasteiger charge is -2.06. The lowest BCUT2D eigenvalue weighted by atomic mass is 10.2. The van der Waals surface area contributed by atoms with Gasteiger partial charge in [-0.3, -0.25) is 15.2 Å². The third kappa shape index (κ3) is 5.80. The summed E-state index contributed by atoms with van der Waals surface area (Å²) in [4.78, 5) is 27.0. The topological polar surface area (TPSA) is 80.3 Å². The molecule has 0 unspecified atom stereocenters. The van der Waals surface area contributed by atoms with Gasteiger partial charge in [0, 0.05) is 22.4 Å². The summed E-state index contributed by atoms with van der Waals surface area (Å²) in [5.41, 5.74) is 5.46. The van der Waals surface area contributed by atoms with Crippen LogP contribution >= 0.6 is 15.9 Å². The standard InChI is InChI=1S/C16H12BrN3O3/c17-14-9-13(10-18-11-14)15(21)19-20-16(22)23-8-4-7-12-5-2-1-3-6-12/h1-3,5-6,9-11H,8H2,(H,19,21)(H,20,22). The Morgan fingerprint density at radius 2 is 1.96 bits per heavy atom. The number of nitrogens with one attached hydrogen (secondary N) is 2. The van der Waals surface area contributed by atoms with E-state index in [0.29, 0.717) is 10.0 Å². The third-order valence-corrected chi connectivity index (χ3v) is 2.96. The number of carbonyl (C=O) groups excluding carboxylic acids is 2. The molecular weight excluding hydrogens is 362 g/mol. The maximum absolute atomic E-state index is 11.7. The first-order valence-corrected chi connectivity index (χ1v) is 7.32. The molecule has 1 heterocycles. The molecule has 2 amide bonds. The zero-order chi connectivity index (χ0) is 16.5. The Labute approximate surface area is 141 Å². The number of nitrogens with zero attached hydrogens (tertiary/aromatic N) is 1. The van der Waals surface area contributed by atoms with Crippen molar-refractivity contribution in [3.63, 3.8) is 0 Å². The van der Waals surface area contributed by atoms with Crippen LogP contribution in [0, 0.1) is 11.8 Å². The van der Waals surface area contributed by atoms with Gasteiger partial charge in [-0.05, 0) is 34.1 Å². The Morgan fingerprint density at radius 3 is 2.70 bits per heavy atom. The van der Waals surface area contributed by atoms with Crippen LogP contribution in [0.5, 0.6) is 0 Å². The van der Waals surface area contributed by atoms with Crippen molar-refractivity contribution in [3.8, 4) is 11.8 Å². The lowest BCUT2D eigenvalue weighted by Crippen LogP contribution is -2.42. The maximum atomic E-state index is 11.7. The molecule has 1 aromatic carbocycles. The van der Waals surface area contributed by atoms with Gasteiger partial charge in [-0.2, -0.15) is 0 Å². The first kappa shape index (κ1) is 16.5. The van der Waals surface area contributed by atoms with Crippen LogP contribution in [0.15, 0.2) is 53.3 Å². The third-order valence-electron chi connectivity index (χ3n) is 2.53. The molecule has 0 aliphatic carbocycles. The minimum atomic E-state index is -0.802. The van der Waals surface area contributed by atoms with Gasteiger partial charge in [-0.25, -0.2) is 10.2 Å². The van der Waals surface area contributed by atoms with Gasteiger partial charge in [0.2, 0.25) is 0 Å². The van der Waals surface area contributed by atoms with E-state index >= 15 is 0 Å². The smallest absolute Gasteiger partial charge is 0.427 e. The molecule has 0 fully saturated rings. The predicted octanol–water partition coefficient (Wildman–Crippen LogP) is 2.27. The quantitative estimate of drug-likeness (QED) is 0.624. The number of carbonyl (C=O) groups is 2. The summed E-state index contributed by atoms with van der Waals surface area (Å²) in [7, 11) is 0. The van der Waals surface area contributed by atoms with Gasteiger partial charge >= 0.3 is 6.09 Å². The van der Waals surface area contributed by atoms with Crippen molar-refractivity contribution in [2.45, 2.75) is 0 Å². The number of amides is 2. The highest BCUT2D eigenvalue weighted by molar-refractivity contribution is 9.10. The van der Waals surface area contributed by atoms with Gasteiger partial charge in [0.15, 0.2) is 6.61 Å². The van der Waals surface area contributed by atoms with E-state index < -0.39 is 12.0 Å². The maximum Gasteiger partial charge on any atom is 0.427 e. The monoisotopic (exact) mass is 373 g/mol.